The van der Waals surface area contributed by atoms with Crippen molar-refractivity contribution in [2.75, 3.05) is 39.3 Å². The molecule has 0 aromatic carbocycles. The first-order valence-corrected chi connectivity index (χ1v) is 5.44. The summed E-state index contributed by atoms with van der Waals surface area (Å²) in [5.41, 5.74) is 0. The molecule has 0 spiro atoms. The molecule has 0 saturated carbocycles. The number of carbonyl (C=O) groups is 4. The Morgan fingerprint density at radius 2 is 0.654 bits per heavy atom. The van der Waals surface area contributed by atoms with Crippen LogP contribution in [0.1, 0.15) is 0 Å². The van der Waals surface area contributed by atoms with Crippen LogP contribution in [0.5, 0.6) is 0 Å². The quantitative estimate of drug-likeness (QED) is 0.205. The molecule has 14 nitrogen and oxygen atoms in total. The van der Waals surface area contributed by atoms with Gasteiger partial charge in [-0.3, -0.25) is 9.80 Å². The van der Waals surface area contributed by atoms with Gasteiger partial charge in [0, 0.05) is 39.3 Å². The van der Waals surface area contributed by atoms with Gasteiger partial charge in [0.1, 0.15) is 0 Å². The second-order valence-electron chi connectivity index (χ2n) is 3.91. The fourth-order valence-electron chi connectivity index (χ4n) is 1.44. The van der Waals surface area contributed by atoms with E-state index in [2.05, 4.69) is 0 Å². The Balaban J connectivity index is -0.000000120. The number of carbonyl (C=O) groups excluding carboxylic acids is 4. The van der Waals surface area contributed by atoms with E-state index >= 15 is 0 Å². The first kappa shape index (κ1) is 44.3. The van der Waals surface area contributed by atoms with Crippen LogP contribution in [0, 0.1) is 0 Å². The summed E-state index contributed by atoms with van der Waals surface area (Å²) in [6.07, 6.45) is 0. The first-order valence-electron chi connectivity index (χ1n) is 5.44. The Morgan fingerprint density at radius 3 is 0.769 bits per heavy atom. The van der Waals surface area contributed by atoms with Crippen molar-refractivity contribution in [1.29, 1.82) is 0 Å². The van der Waals surface area contributed by atoms with Crippen molar-refractivity contribution in [3.8, 4) is 0 Å². The van der Waals surface area contributed by atoms with Crippen molar-refractivity contribution in [3.05, 3.63) is 0 Å². The molecule has 12 N–H and O–H groups in total. The van der Waals surface area contributed by atoms with Crippen LogP contribution in [-0.2, 0) is 53.3 Å². The van der Waals surface area contributed by atoms with E-state index in [1.807, 2.05) is 0 Å². The van der Waals surface area contributed by atoms with Crippen LogP contribution in [0.4, 0.5) is 0 Å². The number of hydrogen-bond donors (Lipinski definition) is 4. The Morgan fingerprint density at radius 1 is 0.500 bits per heavy atom. The number of rotatable bonds is 11. The van der Waals surface area contributed by atoms with E-state index in [4.69, 9.17) is 0 Å². The van der Waals surface area contributed by atoms with Crippen LogP contribution in [0.2, 0.25) is 0 Å². The molecular formula is C10H24Fe2N6O8. The normalized spacial score (nSPS) is 8.23. The molecule has 0 aliphatic heterocycles. The zero-order chi connectivity index (χ0) is 15.7. The molecule has 0 heterocycles. The molecule has 0 aromatic heterocycles. The van der Waals surface area contributed by atoms with E-state index in [0.29, 0.717) is 0 Å². The van der Waals surface area contributed by atoms with E-state index in [1.54, 1.807) is 0 Å². The zero-order valence-electron chi connectivity index (χ0n) is 13.9. The second kappa shape index (κ2) is 23.7. The molecule has 0 amide bonds. The Hall–Kier alpha value is -1.32. The summed E-state index contributed by atoms with van der Waals surface area (Å²) in [6, 6.07) is 0. The van der Waals surface area contributed by atoms with Crippen LogP contribution in [-0.4, -0.2) is 72.9 Å². The summed E-state index contributed by atoms with van der Waals surface area (Å²) in [5.74, 6) is -6.12. The maximum Gasteiger partial charge on any atom is 2.00 e. The summed E-state index contributed by atoms with van der Waals surface area (Å²) in [6.45, 7) is -3.25. The van der Waals surface area contributed by atoms with Gasteiger partial charge in [0.15, 0.2) is 0 Å². The van der Waals surface area contributed by atoms with Gasteiger partial charge in [0.25, 0.3) is 0 Å². The fourth-order valence-corrected chi connectivity index (χ4v) is 1.44. The van der Waals surface area contributed by atoms with Gasteiger partial charge in [0.05, 0.1) is 23.9 Å². The summed E-state index contributed by atoms with van der Waals surface area (Å²) < 4.78 is 0. The average molecular weight is 468 g/mol. The van der Waals surface area contributed by atoms with Crippen LogP contribution >= 0.6 is 0 Å². The van der Waals surface area contributed by atoms with Crippen LogP contribution in [0.15, 0.2) is 0 Å². The largest absolute Gasteiger partial charge is 2.00 e. The van der Waals surface area contributed by atoms with Crippen molar-refractivity contribution >= 4 is 23.9 Å². The molecule has 158 valence electrons. The van der Waals surface area contributed by atoms with Crippen LogP contribution < -0.4 is 45.0 Å². The van der Waals surface area contributed by atoms with E-state index in [9.17, 15) is 39.6 Å². The van der Waals surface area contributed by atoms with Gasteiger partial charge in [-0.25, -0.2) is 0 Å². The van der Waals surface area contributed by atoms with Crippen molar-refractivity contribution in [1.82, 2.24) is 34.4 Å². The molecule has 0 aliphatic carbocycles. The SMILES string of the molecule is N.N.N.N.O=C([O-])CN(CCN(CC(=O)[O-])CC(=O)[O-])CC(=O)[O-].[Fe+2].[Fe+2]. The molecule has 0 aromatic rings. The maximum atomic E-state index is 10.4. The summed E-state index contributed by atoms with van der Waals surface area (Å²) in [5, 5.41) is 41.6. The van der Waals surface area contributed by atoms with E-state index in [0.717, 1.165) is 9.80 Å². The number of carboxylic acid groups (broad SMARTS) is 4. The predicted molar refractivity (Wildman–Crippen MR) is 73.0 cm³/mol. The third kappa shape index (κ3) is 27.5. The fraction of sp³-hybridized carbons (Fsp3) is 0.600. The molecule has 0 saturated heterocycles. The maximum absolute atomic E-state index is 10.4. The molecule has 0 aliphatic rings. The van der Waals surface area contributed by atoms with Gasteiger partial charge < -0.3 is 64.2 Å². The van der Waals surface area contributed by atoms with Crippen molar-refractivity contribution in [2.24, 2.45) is 0 Å². The summed E-state index contributed by atoms with van der Waals surface area (Å²) in [7, 11) is 0. The molecular weight excluding hydrogens is 444 g/mol. The molecule has 0 radical (unpaired) electrons. The minimum Gasteiger partial charge on any atom is -0.549 e. The molecule has 0 atom stereocenters. The molecule has 0 bridgehead atoms. The van der Waals surface area contributed by atoms with Crippen molar-refractivity contribution in [3.63, 3.8) is 0 Å². The van der Waals surface area contributed by atoms with Gasteiger partial charge >= 0.3 is 34.1 Å². The minimum atomic E-state index is -1.53. The molecule has 26 heavy (non-hydrogen) atoms. The van der Waals surface area contributed by atoms with Crippen molar-refractivity contribution in [2.45, 2.75) is 0 Å². The van der Waals surface area contributed by atoms with Crippen molar-refractivity contribution < 1.29 is 73.7 Å². The summed E-state index contributed by atoms with van der Waals surface area (Å²) >= 11 is 0. The first-order chi connectivity index (χ1) is 9.20. The molecule has 0 unspecified atom stereocenters. The van der Waals surface area contributed by atoms with Gasteiger partial charge in [-0.1, -0.05) is 0 Å². The predicted octanol–water partition coefficient (Wildman–Crippen LogP) is -6.77. The average Bonchev–Trinajstić information content (AvgIpc) is 2.22. The van der Waals surface area contributed by atoms with E-state index in [-0.39, 0.29) is 71.8 Å². The van der Waals surface area contributed by atoms with Gasteiger partial charge in [-0.05, 0) is 0 Å². The standard InChI is InChI=1S/C10H16N2O8.2Fe.4H3N/c13-7(14)3-11(4-8(15)16)1-2-12(5-9(17)18)6-10(19)20;;;;;;/h1-6H2,(H,13,14)(H,15,16)(H,17,18)(H,19,20);;;4*1H3/q;2*+2;;;;/p-4. The number of aliphatic carboxylic acids is 4. The molecule has 0 rings (SSSR count). The third-order valence-corrected chi connectivity index (χ3v) is 2.14. The minimum absolute atomic E-state index is 0. The second-order valence-corrected chi connectivity index (χ2v) is 3.91. The monoisotopic (exact) mass is 468 g/mol. The topological polar surface area (TPSA) is 307 Å². The Kier molecular flexibility index (Phi) is 40.3. The number of nitrogens with zero attached hydrogens (tertiary/aromatic N) is 2. The van der Waals surface area contributed by atoms with Gasteiger partial charge in [0.2, 0.25) is 0 Å². The van der Waals surface area contributed by atoms with E-state index in [1.165, 1.54) is 0 Å². The number of carboxylic acids is 4. The van der Waals surface area contributed by atoms with Crippen LogP contribution in [0.25, 0.3) is 0 Å². The van der Waals surface area contributed by atoms with Crippen LogP contribution in [0.3, 0.4) is 0 Å². The molecule has 16 heteroatoms. The Bertz CT molecular complexity index is 336. The zero-order valence-corrected chi connectivity index (χ0v) is 16.1. The smallest absolute Gasteiger partial charge is 0.549 e. The number of hydrogen-bond acceptors (Lipinski definition) is 14. The van der Waals surface area contributed by atoms with Gasteiger partial charge in [-0.15, -0.1) is 0 Å². The van der Waals surface area contributed by atoms with E-state index < -0.39 is 50.1 Å². The third-order valence-electron chi connectivity index (χ3n) is 2.14. The Labute approximate surface area is 171 Å². The van der Waals surface area contributed by atoms with Gasteiger partial charge in [-0.2, -0.15) is 0 Å². The molecule has 0 fully saturated rings. The summed E-state index contributed by atoms with van der Waals surface area (Å²) in [4.78, 5) is 43.4.